The smallest absolute Gasteiger partial charge is 0.227 e. The molecule has 160 valence electrons. The molecule has 0 spiro atoms. The second kappa shape index (κ2) is 10.7. The number of carbonyl (C=O) groups is 2. The van der Waals surface area contributed by atoms with E-state index in [-0.39, 0.29) is 11.8 Å². The van der Waals surface area contributed by atoms with Crippen LogP contribution in [0.1, 0.15) is 37.8 Å². The minimum absolute atomic E-state index is 0.0176. The minimum Gasteiger partial charge on any atom is -0.490 e. The van der Waals surface area contributed by atoms with Gasteiger partial charge in [-0.2, -0.15) is 0 Å². The maximum Gasteiger partial charge on any atom is 0.227 e. The number of benzene rings is 2. The van der Waals surface area contributed by atoms with Gasteiger partial charge in [0, 0.05) is 25.2 Å². The molecule has 2 amide bonds. The number of nitrogens with one attached hydrogen (secondary N) is 1. The lowest BCUT2D eigenvalue weighted by molar-refractivity contribution is -0.120. The first-order valence-corrected chi connectivity index (χ1v) is 10.6. The van der Waals surface area contributed by atoms with Crippen LogP contribution in [0.4, 0.5) is 5.69 Å². The van der Waals surface area contributed by atoms with Crippen LogP contribution in [0.2, 0.25) is 0 Å². The van der Waals surface area contributed by atoms with Crippen molar-refractivity contribution >= 4 is 17.5 Å². The van der Waals surface area contributed by atoms with Crippen LogP contribution in [-0.2, 0) is 22.4 Å². The summed E-state index contributed by atoms with van der Waals surface area (Å²) in [4.78, 5) is 25.9. The van der Waals surface area contributed by atoms with Crippen molar-refractivity contribution in [1.82, 2.24) is 5.32 Å². The lowest BCUT2D eigenvalue weighted by Crippen LogP contribution is -2.27. The van der Waals surface area contributed by atoms with Gasteiger partial charge in [-0.05, 0) is 62.1 Å². The number of amides is 2. The fourth-order valence-electron chi connectivity index (χ4n) is 3.56. The molecule has 0 saturated carbocycles. The zero-order chi connectivity index (χ0) is 21.3. The number of carbonyl (C=O) groups excluding carboxylic acids is 2. The normalized spacial score (nSPS) is 13.4. The van der Waals surface area contributed by atoms with Gasteiger partial charge in [0.1, 0.15) is 0 Å². The van der Waals surface area contributed by atoms with E-state index in [1.165, 1.54) is 0 Å². The van der Waals surface area contributed by atoms with E-state index in [0.717, 1.165) is 41.3 Å². The van der Waals surface area contributed by atoms with Gasteiger partial charge >= 0.3 is 0 Å². The Kier molecular flexibility index (Phi) is 7.71. The topological polar surface area (TPSA) is 67.9 Å². The Balaban J connectivity index is 1.48. The molecule has 2 aromatic rings. The van der Waals surface area contributed by atoms with Gasteiger partial charge in [0.25, 0.3) is 0 Å². The number of anilines is 1. The summed E-state index contributed by atoms with van der Waals surface area (Å²) in [6.45, 7) is 6.38. The summed E-state index contributed by atoms with van der Waals surface area (Å²) in [5.41, 5.74) is 2.92. The maximum atomic E-state index is 12.3. The molecule has 0 radical (unpaired) electrons. The number of hydrogen-bond donors (Lipinski definition) is 1. The van der Waals surface area contributed by atoms with Gasteiger partial charge in [0.15, 0.2) is 11.5 Å². The summed E-state index contributed by atoms with van der Waals surface area (Å²) in [5.74, 6) is 1.63. The van der Waals surface area contributed by atoms with Crippen LogP contribution in [-0.4, -0.2) is 38.1 Å². The van der Waals surface area contributed by atoms with Crippen molar-refractivity contribution in [3.05, 3.63) is 53.6 Å². The first-order chi connectivity index (χ1) is 14.6. The van der Waals surface area contributed by atoms with Crippen LogP contribution in [0.25, 0.3) is 0 Å². The van der Waals surface area contributed by atoms with Gasteiger partial charge in [0.2, 0.25) is 11.8 Å². The van der Waals surface area contributed by atoms with Crippen molar-refractivity contribution in [3.8, 4) is 11.5 Å². The molecule has 1 fully saturated rings. The van der Waals surface area contributed by atoms with Crippen molar-refractivity contribution in [2.75, 3.05) is 31.2 Å². The third-order valence-electron chi connectivity index (χ3n) is 5.03. The lowest BCUT2D eigenvalue weighted by Gasteiger charge is -2.16. The van der Waals surface area contributed by atoms with Crippen LogP contribution in [0.3, 0.4) is 0 Å². The third kappa shape index (κ3) is 5.75. The van der Waals surface area contributed by atoms with E-state index in [2.05, 4.69) is 5.32 Å². The average molecular weight is 411 g/mol. The van der Waals surface area contributed by atoms with Gasteiger partial charge < -0.3 is 19.7 Å². The summed E-state index contributed by atoms with van der Waals surface area (Å²) in [5, 5.41) is 2.97. The second-order valence-corrected chi connectivity index (χ2v) is 7.24. The highest BCUT2D eigenvalue weighted by Crippen LogP contribution is 2.28. The Morgan fingerprint density at radius 1 is 1.00 bits per heavy atom. The maximum absolute atomic E-state index is 12.3. The number of rotatable bonds is 10. The van der Waals surface area contributed by atoms with Crippen molar-refractivity contribution in [1.29, 1.82) is 0 Å². The van der Waals surface area contributed by atoms with Gasteiger partial charge in [-0.25, -0.2) is 0 Å². The molecule has 30 heavy (non-hydrogen) atoms. The zero-order valence-corrected chi connectivity index (χ0v) is 17.8. The van der Waals surface area contributed by atoms with E-state index in [9.17, 15) is 9.59 Å². The standard InChI is InChI=1S/C24H30N2O4/c1-3-29-21-12-9-19(16-22(21)30-4-2)13-14-25-23(27)17-18-7-10-20(11-8-18)26-15-5-6-24(26)28/h7-12,16H,3-6,13-15,17H2,1-2H3,(H,25,27). The van der Waals surface area contributed by atoms with Gasteiger partial charge in [0.05, 0.1) is 19.6 Å². The number of ether oxygens (including phenoxy) is 2. The van der Waals surface area contributed by atoms with Crippen molar-refractivity contribution < 1.29 is 19.1 Å². The molecular weight excluding hydrogens is 380 g/mol. The molecule has 1 aliphatic heterocycles. The van der Waals surface area contributed by atoms with Crippen LogP contribution in [0.15, 0.2) is 42.5 Å². The fourth-order valence-corrected chi connectivity index (χ4v) is 3.56. The van der Waals surface area contributed by atoms with E-state index in [1.54, 1.807) is 4.90 Å². The van der Waals surface area contributed by atoms with Gasteiger partial charge in [-0.15, -0.1) is 0 Å². The molecule has 1 N–H and O–H groups in total. The summed E-state index contributed by atoms with van der Waals surface area (Å²) >= 11 is 0. The Morgan fingerprint density at radius 2 is 1.70 bits per heavy atom. The number of hydrogen-bond acceptors (Lipinski definition) is 4. The predicted octanol–water partition coefficient (Wildman–Crippen LogP) is 3.51. The summed E-state index contributed by atoms with van der Waals surface area (Å²) in [7, 11) is 0. The molecule has 1 saturated heterocycles. The Morgan fingerprint density at radius 3 is 2.37 bits per heavy atom. The first kappa shape index (κ1) is 21.7. The molecule has 6 heteroatoms. The van der Waals surface area contributed by atoms with Crippen LogP contribution < -0.4 is 19.7 Å². The zero-order valence-electron chi connectivity index (χ0n) is 17.8. The minimum atomic E-state index is -0.0176. The molecule has 2 aromatic carbocycles. The molecule has 0 aromatic heterocycles. The van der Waals surface area contributed by atoms with Gasteiger partial charge in [-0.3, -0.25) is 9.59 Å². The molecule has 1 heterocycles. The van der Waals surface area contributed by atoms with Gasteiger partial charge in [-0.1, -0.05) is 18.2 Å². The fraction of sp³-hybridized carbons (Fsp3) is 0.417. The molecular formula is C24H30N2O4. The second-order valence-electron chi connectivity index (χ2n) is 7.24. The predicted molar refractivity (Wildman–Crippen MR) is 117 cm³/mol. The molecule has 6 nitrogen and oxygen atoms in total. The van der Waals surface area contributed by atoms with E-state index >= 15 is 0 Å². The molecule has 0 unspecified atom stereocenters. The molecule has 0 aliphatic carbocycles. The number of nitrogens with zero attached hydrogens (tertiary/aromatic N) is 1. The molecule has 1 aliphatic rings. The van der Waals surface area contributed by atoms with Crippen LogP contribution >= 0.6 is 0 Å². The Labute approximate surface area is 178 Å². The highest BCUT2D eigenvalue weighted by molar-refractivity contribution is 5.95. The lowest BCUT2D eigenvalue weighted by atomic mass is 10.1. The molecule has 3 rings (SSSR count). The van der Waals surface area contributed by atoms with E-state index in [1.807, 2.05) is 56.3 Å². The van der Waals surface area contributed by atoms with E-state index in [4.69, 9.17) is 9.47 Å². The summed E-state index contributed by atoms with van der Waals surface area (Å²) in [6.07, 6.45) is 2.56. The highest BCUT2D eigenvalue weighted by Gasteiger charge is 2.21. The largest absolute Gasteiger partial charge is 0.490 e. The quantitative estimate of drug-likeness (QED) is 0.651. The van der Waals surface area contributed by atoms with E-state index < -0.39 is 0 Å². The molecule has 0 bridgehead atoms. The summed E-state index contributed by atoms with van der Waals surface area (Å²) in [6, 6.07) is 13.6. The van der Waals surface area contributed by atoms with Crippen molar-refractivity contribution in [2.45, 2.75) is 39.5 Å². The van der Waals surface area contributed by atoms with Crippen molar-refractivity contribution in [3.63, 3.8) is 0 Å². The monoisotopic (exact) mass is 410 g/mol. The Hall–Kier alpha value is -3.02. The SMILES string of the molecule is CCOc1ccc(CCNC(=O)Cc2ccc(N3CCCC3=O)cc2)cc1OCC. The van der Waals surface area contributed by atoms with Crippen molar-refractivity contribution in [2.24, 2.45) is 0 Å². The van der Waals surface area contributed by atoms with E-state index in [0.29, 0.717) is 39.0 Å². The van der Waals surface area contributed by atoms with Crippen LogP contribution in [0.5, 0.6) is 11.5 Å². The highest BCUT2D eigenvalue weighted by atomic mass is 16.5. The third-order valence-corrected chi connectivity index (χ3v) is 5.03. The Bertz CT molecular complexity index is 864. The average Bonchev–Trinajstić information content (AvgIpc) is 3.17. The van der Waals surface area contributed by atoms with Crippen LogP contribution in [0, 0.1) is 0 Å². The summed E-state index contributed by atoms with van der Waals surface area (Å²) < 4.78 is 11.2. The first-order valence-electron chi connectivity index (χ1n) is 10.6. The molecule has 0 atom stereocenters.